The van der Waals surface area contributed by atoms with E-state index in [9.17, 15) is 4.79 Å². The van der Waals surface area contributed by atoms with Gasteiger partial charge in [-0.2, -0.15) is 0 Å². The minimum absolute atomic E-state index is 0.0849. The number of rotatable bonds is 8. The van der Waals surface area contributed by atoms with Crippen LogP contribution in [0.4, 0.5) is 11.4 Å². The zero-order valence-corrected chi connectivity index (χ0v) is 26.6. The molecule has 0 amide bonds. The molecule has 3 unspecified atom stereocenters. The first-order valence-corrected chi connectivity index (χ1v) is 16.7. The number of carbonyl (C=O) groups is 1. The summed E-state index contributed by atoms with van der Waals surface area (Å²) in [6.45, 7) is 7.53. The lowest BCUT2D eigenvalue weighted by Crippen LogP contribution is -2.59. The van der Waals surface area contributed by atoms with Crippen molar-refractivity contribution in [1.82, 2.24) is 0 Å². The molecule has 6 rings (SSSR count). The molecule has 0 radical (unpaired) electrons. The second-order valence-corrected chi connectivity index (χ2v) is 14.9. The van der Waals surface area contributed by atoms with Crippen molar-refractivity contribution in [3.8, 4) is 11.5 Å². The van der Waals surface area contributed by atoms with Gasteiger partial charge in [-0.25, -0.2) is 0 Å². The highest BCUT2D eigenvalue weighted by atomic mass is 16.5. The summed E-state index contributed by atoms with van der Waals surface area (Å²) < 4.78 is 18.5. The van der Waals surface area contributed by atoms with Gasteiger partial charge in [0.15, 0.2) is 0 Å². The molecular formula is C37H52N2O4. The van der Waals surface area contributed by atoms with Gasteiger partial charge >= 0.3 is 5.97 Å². The van der Waals surface area contributed by atoms with Gasteiger partial charge in [0.05, 0.1) is 13.2 Å². The van der Waals surface area contributed by atoms with Gasteiger partial charge in [0.1, 0.15) is 17.6 Å². The lowest BCUT2D eigenvalue weighted by molar-refractivity contribution is -0.164. The first kappa shape index (κ1) is 30.1. The SMILES string of the molecule is COC(=O)CC[C@@H](C)[C@H]1CC[C@H]2[C@@H]3CC(Oc4cccc(N)c4)C4CC(Oc5cccc(N)c5)CC[C@]4(C)[C@H]3CC[C@]12C. The molecule has 6 heteroatoms. The molecule has 4 N–H and O–H groups in total. The van der Waals surface area contributed by atoms with Crippen LogP contribution in [0, 0.1) is 46.3 Å². The van der Waals surface area contributed by atoms with Crippen molar-refractivity contribution in [2.75, 3.05) is 18.6 Å². The third-order valence-electron chi connectivity index (χ3n) is 12.7. The average molecular weight is 589 g/mol. The summed E-state index contributed by atoms with van der Waals surface area (Å²) in [6, 6.07) is 15.8. The minimum atomic E-state index is -0.0849. The van der Waals surface area contributed by atoms with Gasteiger partial charge in [-0.15, -0.1) is 0 Å². The number of nitrogen functional groups attached to an aromatic ring is 2. The molecule has 2 aromatic carbocycles. The largest absolute Gasteiger partial charge is 0.490 e. The number of carbonyl (C=O) groups excluding carboxylic acids is 1. The first-order valence-electron chi connectivity index (χ1n) is 16.7. The van der Waals surface area contributed by atoms with Gasteiger partial charge in [0, 0.05) is 35.8 Å². The second kappa shape index (κ2) is 11.9. The van der Waals surface area contributed by atoms with E-state index < -0.39 is 0 Å². The quantitative estimate of drug-likeness (QED) is 0.240. The maximum absolute atomic E-state index is 11.9. The highest BCUT2D eigenvalue weighted by Crippen LogP contribution is 2.68. The summed E-state index contributed by atoms with van der Waals surface area (Å²) in [5, 5.41) is 0. The number of hydrogen-bond acceptors (Lipinski definition) is 6. The molecule has 4 aliphatic carbocycles. The highest BCUT2D eigenvalue weighted by Gasteiger charge is 2.63. The first-order chi connectivity index (χ1) is 20.6. The van der Waals surface area contributed by atoms with Crippen LogP contribution >= 0.6 is 0 Å². The number of hydrogen-bond donors (Lipinski definition) is 2. The smallest absolute Gasteiger partial charge is 0.305 e. The Labute approximate surface area is 258 Å². The van der Waals surface area contributed by atoms with Crippen LogP contribution in [0.5, 0.6) is 11.5 Å². The lowest BCUT2D eigenvalue weighted by Gasteiger charge is -2.63. The molecule has 0 aromatic heterocycles. The Morgan fingerprint density at radius 3 is 2.19 bits per heavy atom. The van der Waals surface area contributed by atoms with E-state index in [4.69, 9.17) is 25.7 Å². The molecule has 0 aliphatic heterocycles. The van der Waals surface area contributed by atoms with Crippen LogP contribution in [0.1, 0.15) is 85.0 Å². The van der Waals surface area contributed by atoms with E-state index >= 15 is 0 Å². The van der Waals surface area contributed by atoms with Crippen LogP contribution in [0.2, 0.25) is 0 Å². The molecule has 4 saturated carbocycles. The van der Waals surface area contributed by atoms with E-state index in [0.29, 0.717) is 47.3 Å². The van der Waals surface area contributed by atoms with Crippen molar-refractivity contribution in [3.63, 3.8) is 0 Å². The molecule has 4 aliphatic rings. The van der Waals surface area contributed by atoms with E-state index in [-0.39, 0.29) is 23.6 Å². The van der Waals surface area contributed by atoms with Gasteiger partial charge in [-0.3, -0.25) is 4.79 Å². The molecule has 2 aromatic rings. The Morgan fingerprint density at radius 2 is 1.51 bits per heavy atom. The molecule has 10 atom stereocenters. The average Bonchev–Trinajstić information content (AvgIpc) is 3.34. The van der Waals surface area contributed by atoms with E-state index in [0.717, 1.165) is 55.0 Å². The molecule has 6 nitrogen and oxygen atoms in total. The standard InChI is InChI=1S/C37H52N2O4/c1-23(11-14-35(40)41-4)30-12-13-31-29-22-34(43-27-10-6-8-25(39)20-27)33-21-28(42-26-9-5-7-24(38)19-26)15-17-37(33,3)32(29)16-18-36(30,31)2/h5-10,19-20,23,28-34H,11-18,21-22,38-39H2,1-4H3/t23-,28?,29+,30-,31+,32+,33?,34?,36-,37-/m1/s1. The van der Waals surface area contributed by atoms with Crippen molar-refractivity contribution < 1.29 is 19.0 Å². The van der Waals surface area contributed by atoms with E-state index in [1.807, 2.05) is 42.5 Å². The number of fused-ring (bicyclic) bond motifs is 5. The molecular weight excluding hydrogens is 536 g/mol. The number of benzene rings is 2. The Balaban J connectivity index is 1.26. The van der Waals surface area contributed by atoms with E-state index in [1.165, 1.54) is 32.8 Å². The maximum atomic E-state index is 11.9. The third kappa shape index (κ3) is 5.71. The minimum Gasteiger partial charge on any atom is -0.490 e. The summed E-state index contributed by atoms with van der Waals surface area (Å²) in [5.41, 5.74) is 14.3. The topological polar surface area (TPSA) is 96.8 Å². The second-order valence-electron chi connectivity index (χ2n) is 14.9. The predicted octanol–water partition coefficient (Wildman–Crippen LogP) is 7.90. The van der Waals surface area contributed by atoms with Crippen molar-refractivity contribution in [2.45, 2.75) is 97.2 Å². The van der Waals surface area contributed by atoms with Crippen molar-refractivity contribution >= 4 is 17.3 Å². The summed E-state index contributed by atoms with van der Waals surface area (Å²) in [4.78, 5) is 11.9. The zero-order valence-electron chi connectivity index (χ0n) is 26.6. The van der Waals surface area contributed by atoms with Crippen LogP contribution in [-0.4, -0.2) is 25.3 Å². The van der Waals surface area contributed by atoms with E-state index in [2.05, 4.69) is 26.8 Å². The molecule has 0 heterocycles. The summed E-state index contributed by atoms with van der Waals surface area (Å²) >= 11 is 0. The fourth-order valence-corrected chi connectivity index (χ4v) is 10.6. The number of ether oxygens (including phenoxy) is 3. The lowest BCUT2D eigenvalue weighted by atomic mass is 9.43. The molecule has 0 spiro atoms. The molecule has 4 fully saturated rings. The number of methoxy groups -OCH3 is 1. The molecule has 0 saturated heterocycles. The number of anilines is 2. The van der Waals surface area contributed by atoms with Crippen LogP contribution in [0.15, 0.2) is 48.5 Å². The maximum Gasteiger partial charge on any atom is 0.305 e. The van der Waals surface area contributed by atoms with Crippen LogP contribution in [-0.2, 0) is 9.53 Å². The van der Waals surface area contributed by atoms with Crippen molar-refractivity contribution in [2.24, 2.45) is 46.3 Å². The van der Waals surface area contributed by atoms with E-state index in [1.54, 1.807) is 0 Å². The van der Waals surface area contributed by atoms with Gasteiger partial charge < -0.3 is 25.7 Å². The van der Waals surface area contributed by atoms with Crippen LogP contribution < -0.4 is 20.9 Å². The number of esters is 1. The Kier molecular flexibility index (Phi) is 8.34. The zero-order chi connectivity index (χ0) is 30.4. The normalized spacial score (nSPS) is 37.3. The Bertz CT molecular complexity index is 1300. The Hall–Kier alpha value is -2.89. The van der Waals surface area contributed by atoms with Crippen LogP contribution in [0.25, 0.3) is 0 Å². The third-order valence-corrected chi connectivity index (χ3v) is 12.7. The van der Waals surface area contributed by atoms with Gasteiger partial charge in [-0.1, -0.05) is 32.9 Å². The summed E-state index contributed by atoms with van der Waals surface area (Å²) in [6.07, 6.45) is 11.2. The summed E-state index contributed by atoms with van der Waals surface area (Å²) in [5.74, 6) is 5.30. The molecule has 43 heavy (non-hydrogen) atoms. The van der Waals surface area contributed by atoms with Crippen molar-refractivity contribution in [1.29, 1.82) is 0 Å². The van der Waals surface area contributed by atoms with Crippen molar-refractivity contribution in [3.05, 3.63) is 48.5 Å². The predicted molar refractivity (Wildman–Crippen MR) is 172 cm³/mol. The van der Waals surface area contributed by atoms with Gasteiger partial charge in [-0.05, 0) is 122 Å². The number of nitrogens with two attached hydrogens (primary N) is 2. The Morgan fingerprint density at radius 1 is 0.860 bits per heavy atom. The summed E-state index contributed by atoms with van der Waals surface area (Å²) in [7, 11) is 1.50. The highest BCUT2D eigenvalue weighted by molar-refractivity contribution is 5.69. The van der Waals surface area contributed by atoms with Crippen LogP contribution in [0.3, 0.4) is 0 Å². The fourth-order valence-electron chi connectivity index (χ4n) is 10.6. The van der Waals surface area contributed by atoms with Gasteiger partial charge in [0.25, 0.3) is 0 Å². The fraction of sp³-hybridized carbons (Fsp3) is 0.649. The van der Waals surface area contributed by atoms with Gasteiger partial charge in [0.2, 0.25) is 0 Å². The molecule has 0 bridgehead atoms. The molecule has 234 valence electrons. The monoisotopic (exact) mass is 588 g/mol.